The number of methoxy groups -OCH3 is 1. The molecule has 1 amide bonds. The van der Waals surface area contributed by atoms with Gasteiger partial charge >= 0.3 is 0 Å². The van der Waals surface area contributed by atoms with Crippen LogP contribution in [0, 0.1) is 5.41 Å². The van der Waals surface area contributed by atoms with E-state index in [0.29, 0.717) is 11.5 Å². The molecule has 3 heterocycles. The highest BCUT2D eigenvalue weighted by Crippen LogP contribution is 2.43. The minimum Gasteiger partial charge on any atom is -0.383 e. The number of ether oxygens (including phenoxy) is 1. The maximum absolute atomic E-state index is 12.9. The van der Waals surface area contributed by atoms with E-state index in [4.69, 9.17) is 4.74 Å². The molecule has 25 heavy (non-hydrogen) atoms. The van der Waals surface area contributed by atoms with Crippen LogP contribution in [-0.4, -0.2) is 62.1 Å². The Morgan fingerprint density at radius 3 is 2.80 bits per heavy atom. The Morgan fingerprint density at radius 2 is 2.08 bits per heavy atom. The van der Waals surface area contributed by atoms with Crippen LogP contribution in [0.3, 0.4) is 0 Å². The normalized spacial score (nSPS) is 23.6. The lowest BCUT2D eigenvalue weighted by atomic mass is 9.76. The monoisotopic (exact) mass is 358 g/mol. The van der Waals surface area contributed by atoms with Crippen LogP contribution >= 0.6 is 11.3 Å². The van der Waals surface area contributed by atoms with Crippen molar-refractivity contribution in [2.75, 3.05) is 40.4 Å². The lowest BCUT2D eigenvalue weighted by Gasteiger charge is -2.39. The summed E-state index contributed by atoms with van der Waals surface area (Å²) in [6, 6.07) is 10.8. The van der Waals surface area contributed by atoms with Gasteiger partial charge in [0.05, 0.1) is 11.5 Å². The molecule has 2 saturated heterocycles. The standard InChI is InChI=1S/C20H26N2O2S/c1-21-14-20(12-16(21)13-24-2)7-9-22(10-8-20)19(23)18-11-15-5-3-4-6-17(15)25-18/h3-6,11,16H,7-10,12-14H2,1-2H3. The molecule has 1 spiro atoms. The van der Waals surface area contributed by atoms with Gasteiger partial charge in [0, 0.05) is 37.5 Å². The second-order valence-corrected chi connectivity index (χ2v) is 8.75. The second-order valence-electron chi connectivity index (χ2n) is 7.67. The number of carbonyl (C=O) groups is 1. The summed E-state index contributed by atoms with van der Waals surface area (Å²) in [4.78, 5) is 18.3. The summed E-state index contributed by atoms with van der Waals surface area (Å²) in [6.07, 6.45) is 3.41. The van der Waals surface area contributed by atoms with E-state index >= 15 is 0 Å². The third-order valence-corrected chi connectivity index (χ3v) is 7.09. The average molecular weight is 359 g/mol. The lowest BCUT2D eigenvalue weighted by molar-refractivity contribution is 0.0597. The molecule has 0 radical (unpaired) electrons. The Bertz CT molecular complexity index is 731. The number of piperidine rings is 1. The van der Waals surface area contributed by atoms with Crippen LogP contribution in [0.15, 0.2) is 30.3 Å². The van der Waals surface area contributed by atoms with Crippen LogP contribution < -0.4 is 0 Å². The summed E-state index contributed by atoms with van der Waals surface area (Å²) in [7, 11) is 3.98. The number of likely N-dealkylation sites (tertiary alicyclic amines) is 2. The van der Waals surface area contributed by atoms with Gasteiger partial charge in [0.25, 0.3) is 5.91 Å². The van der Waals surface area contributed by atoms with Gasteiger partial charge in [-0.2, -0.15) is 0 Å². The molecule has 1 atom stereocenters. The van der Waals surface area contributed by atoms with Crippen molar-refractivity contribution in [2.24, 2.45) is 5.41 Å². The second kappa shape index (κ2) is 6.71. The van der Waals surface area contributed by atoms with Crippen molar-refractivity contribution >= 4 is 27.3 Å². The lowest BCUT2D eigenvalue weighted by Crippen LogP contribution is -2.43. The maximum atomic E-state index is 12.9. The van der Waals surface area contributed by atoms with E-state index in [9.17, 15) is 4.79 Å². The van der Waals surface area contributed by atoms with E-state index < -0.39 is 0 Å². The van der Waals surface area contributed by atoms with Crippen LogP contribution in [-0.2, 0) is 4.74 Å². The number of fused-ring (bicyclic) bond motifs is 1. The van der Waals surface area contributed by atoms with E-state index in [1.807, 2.05) is 18.2 Å². The quantitative estimate of drug-likeness (QED) is 0.842. The fourth-order valence-corrected chi connectivity index (χ4v) is 5.58. The molecule has 2 aliphatic rings. The molecule has 1 aromatic carbocycles. The summed E-state index contributed by atoms with van der Waals surface area (Å²) in [5.74, 6) is 0.204. The third kappa shape index (κ3) is 3.21. The van der Waals surface area contributed by atoms with E-state index in [2.05, 4.69) is 29.0 Å². The third-order valence-electron chi connectivity index (χ3n) is 5.98. The Hall–Kier alpha value is -1.43. The molecule has 134 valence electrons. The van der Waals surface area contributed by atoms with Gasteiger partial charge in [-0.05, 0) is 49.2 Å². The van der Waals surface area contributed by atoms with Crippen LogP contribution in [0.5, 0.6) is 0 Å². The average Bonchev–Trinajstić information content (AvgIpc) is 3.17. The van der Waals surface area contributed by atoms with Crippen molar-refractivity contribution in [3.63, 3.8) is 0 Å². The van der Waals surface area contributed by atoms with Crippen LogP contribution in [0.4, 0.5) is 0 Å². The van der Waals surface area contributed by atoms with E-state index in [0.717, 1.165) is 44.0 Å². The molecule has 2 aromatic rings. The maximum Gasteiger partial charge on any atom is 0.263 e. The molecule has 0 saturated carbocycles. The largest absolute Gasteiger partial charge is 0.383 e. The van der Waals surface area contributed by atoms with Gasteiger partial charge in [-0.15, -0.1) is 11.3 Å². The highest BCUT2D eigenvalue weighted by molar-refractivity contribution is 7.20. The summed E-state index contributed by atoms with van der Waals surface area (Å²) in [5, 5.41) is 1.17. The molecular formula is C20H26N2O2S. The zero-order chi connectivity index (χ0) is 17.4. The number of thiophene rings is 1. The molecule has 0 N–H and O–H groups in total. The van der Waals surface area contributed by atoms with Crippen LogP contribution in [0.25, 0.3) is 10.1 Å². The van der Waals surface area contributed by atoms with E-state index in [1.165, 1.54) is 16.5 Å². The Kier molecular flexibility index (Phi) is 4.56. The zero-order valence-electron chi connectivity index (χ0n) is 15.0. The zero-order valence-corrected chi connectivity index (χ0v) is 15.8. The van der Waals surface area contributed by atoms with Crippen molar-refractivity contribution in [2.45, 2.75) is 25.3 Å². The molecular weight excluding hydrogens is 332 g/mol. The van der Waals surface area contributed by atoms with E-state index in [1.54, 1.807) is 18.4 Å². The van der Waals surface area contributed by atoms with Gasteiger partial charge in [0.15, 0.2) is 0 Å². The number of nitrogens with zero attached hydrogens (tertiary/aromatic N) is 2. The molecule has 0 aliphatic carbocycles. The Balaban J connectivity index is 1.42. The molecule has 5 heteroatoms. The van der Waals surface area contributed by atoms with Gasteiger partial charge in [0.1, 0.15) is 0 Å². The van der Waals surface area contributed by atoms with Gasteiger partial charge in [-0.3, -0.25) is 4.79 Å². The predicted molar refractivity (Wildman–Crippen MR) is 102 cm³/mol. The molecule has 0 bridgehead atoms. The molecule has 2 aliphatic heterocycles. The van der Waals surface area contributed by atoms with Gasteiger partial charge < -0.3 is 14.5 Å². The van der Waals surface area contributed by atoms with Crippen LogP contribution in [0.2, 0.25) is 0 Å². The first-order valence-corrected chi connectivity index (χ1v) is 9.89. The van der Waals surface area contributed by atoms with Crippen molar-refractivity contribution in [3.8, 4) is 0 Å². The number of carbonyl (C=O) groups excluding carboxylic acids is 1. The predicted octanol–water partition coefficient (Wildman–Crippen LogP) is 3.47. The summed E-state index contributed by atoms with van der Waals surface area (Å²) in [5.41, 5.74) is 0.370. The van der Waals surface area contributed by atoms with Crippen LogP contribution in [0.1, 0.15) is 28.9 Å². The first-order valence-electron chi connectivity index (χ1n) is 9.07. The minimum atomic E-state index is 0.204. The summed E-state index contributed by atoms with van der Waals surface area (Å²) in [6.45, 7) is 3.69. The SMILES string of the molecule is COCC1CC2(CCN(C(=O)c3cc4ccccc4s3)CC2)CN1C. The summed E-state index contributed by atoms with van der Waals surface area (Å²) < 4.78 is 6.56. The van der Waals surface area contributed by atoms with Crippen molar-refractivity contribution in [1.29, 1.82) is 0 Å². The number of rotatable bonds is 3. The first kappa shape index (κ1) is 17.0. The molecule has 4 nitrogen and oxygen atoms in total. The minimum absolute atomic E-state index is 0.204. The highest BCUT2D eigenvalue weighted by atomic mass is 32.1. The highest BCUT2D eigenvalue weighted by Gasteiger charge is 2.44. The fourth-order valence-electron chi connectivity index (χ4n) is 4.55. The first-order chi connectivity index (χ1) is 12.1. The summed E-state index contributed by atoms with van der Waals surface area (Å²) >= 11 is 1.61. The van der Waals surface area contributed by atoms with Crippen molar-refractivity contribution < 1.29 is 9.53 Å². The molecule has 1 unspecified atom stereocenters. The Labute approximate surface area is 153 Å². The number of amides is 1. The van der Waals surface area contributed by atoms with Crippen molar-refractivity contribution in [3.05, 3.63) is 35.2 Å². The molecule has 2 fully saturated rings. The van der Waals surface area contributed by atoms with Crippen molar-refractivity contribution in [1.82, 2.24) is 9.80 Å². The molecule has 1 aromatic heterocycles. The number of likely N-dealkylation sites (N-methyl/N-ethyl adjacent to an activating group) is 1. The van der Waals surface area contributed by atoms with Gasteiger partial charge in [0.2, 0.25) is 0 Å². The number of hydrogen-bond acceptors (Lipinski definition) is 4. The fraction of sp³-hybridized carbons (Fsp3) is 0.550. The topological polar surface area (TPSA) is 32.8 Å². The van der Waals surface area contributed by atoms with Gasteiger partial charge in [-0.1, -0.05) is 18.2 Å². The smallest absolute Gasteiger partial charge is 0.263 e. The molecule has 4 rings (SSSR count). The van der Waals surface area contributed by atoms with E-state index in [-0.39, 0.29) is 5.91 Å². The number of hydrogen-bond donors (Lipinski definition) is 0. The Morgan fingerprint density at radius 1 is 1.32 bits per heavy atom. The number of benzene rings is 1. The van der Waals surface area contributed by atoms with Gasteiger partial charge in [-0.25, -0.2) is 0 Å².